The van der Waals surface area contributed by atoms with Crippen molar-refractivity contribution in [1.82, 2.24) is 9.55 Å². The lowest BCUT2D eigenvalue weighted by molar-refractivity contribution is -0.139. The van der Waals surface area contributed by atoms with Gasteiger partial charge in [0.05, 0.1) is 0 Å². The van der Waals surface area contributed by atoms with Crippen molar-refractivity contribution < 1.29 is 14.6 Å². The van der Waals surface area contributed by atoms with Crippen LogP contribution in [0.15, 0.2) is 17.2 Å². The number of hydrogen-bond acceptors (Lipinski definition) is 4. The minimum atomic E-state index is -1.15. The smallest absolute Gasteiger partial charge is 0.341 e. The molecule has 0 aliphatic rings. The Hall–Kier alpha value is -1.85. The molecular weight excluding hydrogens is 176 g/mol. The van der Waals surface area contributed by atoms with Crippen LogP contribution in [-0.2, 0) is 11.8 Å². The summed E-state index contributed by atoms with van der Waals surface area (Å²) in [7, 11) is 1.53. The zero-order chi connectivity index (χ0) is 9.84. The van der Waals surface area contributed by atoms with Gasteiger partial charge in [-0.2, -0.15) is 0 Å². The van der Waals surface area contributed by atoms with Gasteiger partial charge in [-0.05, 0) is 0 Å². The molecule has 0 unspecified atom stereocenters. The summed E-state index contributed by atoms with van der Waals surface area (Å²) >= 11 is 0. The van der Waals surface area contributed by atoms with E-state index in [0.717, 1.165) is 0 Å². The Bertz CT molecular complexity index is 371. The van der Waals surface area contributed by atoms with Crippen LogP contribution in [0.1, 0.15) is 0 Å². The van der Waals surface area contributed by atoms with Crippen LogP contribution in [0.2, 0.25) is 0 Å². The topological polar surface area (TPSA) is 81.4 Å². The van der Waals surface area contributed by atoms with E-state index in [1.54, 1.807) is 0 Å². The number of rotatable bonds is 3. The van der Waals surface area contributed by atoms with E-state index in [2.05, 4.69) is 9.72 Å². The second-order valence-corrected chi connectivity index (χ2v) is 2.33. The third kappa shape index (κ3) is 2.29. The molecule has 0 aliphatic heterocycles. The van der Waals surface area contributed by atoms with Gasteiger partial charge in [0.25, 0.3) is 5.88 Å². The highest BCUT2D eigenvalue weighted by Gasteiger charge is 2.05. The highest BCUT2D eigenvalue weighted by molar-refractivity contribution is 5.68. The molecule has 1 N–H and O–H groups in total. The molecule has 1 rings (SSSR count). The van der Waals surface area contributed by atoms with E-state index < -0.39 is 18.1 Å². The van der Waals surface area contributed by atoms with Crippen LogP contribution >= 0.6 is 0 Å². The molecule has 0 saturated heterocycles. The standard InChI is InChI=1S/C7H8N2O4/c1-9-3-2-8-6(7(9)12)13-4-5(10)11/h2-3H,4H2,1H3,(H,10,11). The molecule has 1 aromatic heterocycles. The Morgan fingerprint density at radius 1 is 1.77 bits per heavy atom. The molecule has 0 amide bonds. The minimum Gasteiger partial charge on any atom is -0.479 e. The van der Waals surface area contributed by atoms with Gasteiger partial charge in [0.1, 0.15) is 0 Å². The number of hydrogen-bond donors (Lipinski definition) is 1. The second kappa shape index (κ2) is 3.70. The number of carboxylic acids is 1. The van der Waals surface area contributed by atoms with Crippen molar-refractivity contribution in [2.45, 2.75) is 0 Å². The van der Waals surface area contributed by atoms with Crippen LogP contribution in [0.5, 0.6) is 5.88 Å². The minimum absolute atomic E-state index is 0.201. The Morgan fingerprint density at radius 2 is 2.46 bits per heavy atom. The van der Waals surface area contributed by atoms with Crippen molar-refractivity contribution in [1.29, 1.82) is 0 Å². The lowest BCUT2D eigenvalue weighted by atomic mass is 10.6. The van der Waals surface area contributed by atoms with Crippen LogP contribution in [0, 0.1) is 0 Å². The summed E-state index contributed by atoms with van der Waals surface area (Å²) < 4.78 is 5.89. The third-order valence-electron chi connectivity index (χ3n) is 1.32. The number of nitrogens with zero attached hydrogens (tertiary/aromatic N) is 2. The lowest BCUT2D eigenvalue weighted by Gasteiger charge is -2.01. The van der Waals surface area contributed by atoms with Crippen molar-refractivity contribution in [3.63, 3.8) is 0 Å². The van der Waals surface area contributed by atoms with E-state index >= 15 is 0 Å². The summed E-state index contributed by atoms with van der Waals surface area (Å²) in [4.78, 5) is 24.9. The molecule has 0 atom stereocenters. The third-order valence-corrected chi connectivity index (χ3v) is 1.32. The number of aliphatic carboxylic acids is 1. The van der Waals surface area contributed by atoms with Gasteiger partial charge in [-0.1, -0.05) is 0 Å². The molecule has 70 valence electrons. The fraction of sp³-hybridized carbons (Fsp3) is 0.286. The zero-order valence-corrected chi connectivity index (χ0v) is 6.93. The number of ether oxygens (including phenoxy) is 1. The molecule has 13 heavy (non-hydrogen) atoms. The number of carboxylic acid groups (broad SMARTS) is 1. The van der Waals surface area contributed by atoms with E-state index in [1.807, 2.05) is 0 Å². The molecule has 0 aromatic carbocycles. The van der Waals surface area contributed by atoms with Gasteiger partial charge in [-0.25, -0.2) is 9.78 Å². The van der Waals surface area contributed by atoms with Crippen molar-refractivity contribution in [2.75, 3.05) is 6.61 Å². The zero-order valence-electron chi connectivity index (χ0n) is 6.93. The van der Waals surface area contributed by atoms with Crippen molar-refractivity contribution in [3.05, 3.63) is 22.7 Å². The van der Waals surface area contributed by atoms with Crippen molar-refractivity contribution in [3.8, 4) is 5.88 Å². The molecule has 1 heterocycles. The van der Waals surface area contributed by atoms with Crippen molar-refractivity contribution in [2.24, 2.45) is 7.05 Å². The lowest BCUT2D eigenvalue weighted by Crippen LogP contribution is -2.22. The first-order chi connectivity index (χ1) is 6.11. The van der Waals surface area contributed by atoms with Crippen LogP contribution < -0.4 is 10.3 Å². The Balaban J connectivity index is 2.84. The second-order valence-electron chi connectivity index (χ2n) is 2.33. The number of carbonyl (C=O) groups is 1. The van der Waals surface area contributed by atoms with Crippen molar-refractivity contribution >= 4 is 5.97 Å². The Labute approximate surface area is 73.4 Å². The summed E-state index contributed by atoms with van der Waals surface area (Å²) in [6.07, 6.45) is 2.81. The predicted octanol–water partition coefficient (Wildman–Crippen LogP) is -0.756. The first kappa shape index (κ1) is 9.24. The summed E-state index contributed by atoms with van der Waals surface area (Å²) in [5.74, 6) is -1.35. The van der Waals surface area contributed by atoms with Gasteiger partial charge in [-0.3, -0.25) is 4.79 Å². The fourth-order valence-electron chi connectivity index (χ4n) is 0.704. The average molecular weight is 184 g/mol. The summed E-state index contributed by atoms with van der Waals surface area (Å²) in [6.45, 7) is -0.563. The maximum absolute atomic E-state index is 11.2. The van der Waals surface area contributed by atoms with Gasteiger partial charge in [-0.15, -0.1) is 0 Å². The normalized spacial score (nSPS) is 9.62. The first-order valence-electron chi connectivity index (χ1n) is 3.47. The molecule has 6 heteroatoms. The fourth-order valence-corrected chi connectivity index (χ4v) is 0.704. The SMILES string of the molecule is Cn1ccnc(OCC(=O)O)c1=O. The van der Waals surface area contributed by atoms with Gasteiger partial charge >= 0.3 is 11.5 Å². The summed E-state index contributed by atoms with van der Waals surface area (Å²) in [6, 6.07) is 0. The van der Waals surface area contributed by atoms with Crippen LogP contribution in [0.3, 0.4) is 0 Å². The molecule has 0 fully saturated rings. The quantitative estimate of drug-likeness (QED) is 0.668. The van der Waals surface area contributed by atoms with Crippen LogP contribution in [-0.4, -0.2) is 27.2 Å². The van der Waals surface area contributed by atoms with Gasteiger partial charge < -0.3 is 14.4 Å². The van der Waals surface area contributed by atoms with E-state index in [4.69, 9.17) is 5.11 Å². The molecule has 0 spiro atoms. The summed E-state index contributed by atoms with van der Waals surface area (Å²) in [5, 5.41) is 8.27. The predicted molar refractivity (Wildman–Crippen MR) is 42.6 cm³/mol. The first-order valence-corrected chi connectivity index (χ1v) is 3.47. The van der Waals surface area contributed by atoms with Crippen LogP contribution in [0.4, 0.5) is 0 Å². The Morgan fingerprint density at radius 3 is 3.08 bits per heavy atom. The molecule has 0 saturated carbocycles. The number of aryl methyl sites for hydroxylation is 1. The molecule has 0 bridgehead atoms. The largest absolute Gasteiger partial charge is 0.479 e. The summed E-state index contributed by atoms with van der Waals surface area (Å²) in [5.41, 5.74) is -0.455. The molecule has 6 nitrogen and oxygen atoms in total. The van der Waals surface area contributed by atoms with Gasteiger partial charge in [0, 0.05) is 19.4 Å². The molecule has 0 radical (unpaired) electrons. The monoisotopic (exact) mass is 184 g/mol. The highest BCUT2D eigenvalue weighted by Crippen LogP contribution is 1.94. The number of aromatic nitrogens is 2. The average Bonchev–Trinajstić information content (AvgIpc) is 2.07. The highest BCUT2D eigenvalue weighted by atomic mass is 16.5. The van der Waals surface area contributed by atoms with Crippen LogP contribution in [0.25, 0.3) is 0 Å². The van der Waals surface area contributed by atoms with Gasteiger partial charge in [0.15, 0.2) is 6.61 Å². The van der Waals surface area contributed by atoms with Gasteiger partial charge in [0.2, 0.25) is 0 Å². The van der Waals surface area contributed by atoms with E-state index in [0.29, 0.717) is 0 Å². The van der Waals surface area contributed by atoms with E-state index in [-0.39, 0.29) is 5.88 Å². The van der Waals surface area contributed by atoms with E-state index in [1.165, 1.54) is 24.0 Å². The molecule has 1 aromatic rings. The maximum atomic E-state index is 11.2. The maximum Gasteiger partial charge on any atom is 0.341 e. The Kier molecular flexibility index (Phi) is 2.63. The van der Waals surface area contributed by atoms with E-state index in [9.17, 15) is 9.59 Å². The molecule has 0 aliphatic carbocycles. The molecular formula is C7H8N2O4.